The zero-order chi connectivity index (χ0) is 18.4. The summed E-state index contributed by atoms with van der Waals surface area (Å²) in [7, 11) is 0. The van der Waals surface area contributed by atoms with Crippen molar-refractivity contribution in [1.82, 2.24) is 0 Å². The molecule has 0 aromatic rings. The molecule has 0 heterocycles. The van der Waals surface area contributed by atoms with Gasteiger partial charge in [-0.05, 0) is 46.0 Å². The van der Waals surface area contributed by atoms with Crippen molar-refractivity contribution >= 4 is 0 Å². The molecule has 0 spiro atoms. The van der Waals surface area contributed by atoms with Crippen molar-refractivity contribution < 1.29 is 27.1 Å². The van der Waals surface area contributed by atoms with Gasteiger partial charge in [-0.15, -0.1) is 0 Å². The Kier molecular flexibility index (Phi) is 5.50. The Labute approximate surface area is 130 Å². The summed E-state index contributed by atoms with van der Waals surface area (Å²) in [6.45, 7) is 9.88. The highest BCUT2D eigenvalue weighted by molar-refractivity contribution is 5.02. The maximum Gasteiger partial charge on any atom is 0.399 e. The molecule has 0 amide bonds. The third kappa shape index (κ3) is 4.56. The van der Waals surface area contributed by atoms with Gasteiger partial charge in [-0.2, -0.15) is 13.2 Å². The number of halogens is 5. The molecule has 0 aliphatic heterocycles. The third-order valence-corrected chi connectivity index (χ3v) is 4.18. The van der Waals surface area contributed by atoms with Gasteiger partial charge in [0.2, 0.25) is 0 Å². The summed E-state index contributed by atoms with van der Waals surface area (Å²) in [6.07, 6.45) is -4.93. The van der Waals surface area contributed by atoms with Crippen LogP contribution in [0.4, 0.5) is 22.0 Å². The quantitative estimate of drug-likeness (QED) is 0.608. The van der Waals surface area contributed by atoms with Gasteiger partial charge in [0.05, 0.1) is 5.60 Å². The van der Waals surface area contributed by atoms with Crippen LogP contribution in [0.2, 0.25) is 0 Å². The minimum Gasteiger partial charge on any atom is -0.390 e. The van der Waals surface area contributed by atoms with Gasteiger partial charge in [-0.25, -0.2) is 8.78 Å². The van der Waals surface area contributed by atoms with E-state index in [1.54, 1.807) is 27.7 Å². The van der Waals surface area contributed by atoms with Crippen molar-refractivity contribution in [3.63, 3.8) is 0 Å². The van der Waals surface area contributed by atoms with Gasteiger partial charge in [0, 0.05) is 5.41 Å². The molecule has 22 heavy (non-hydrogen) atoms. The molecule has 0 bridgehead atoms. The zero-order valence-electron chi connectivity index (χ0n) is 14.8. The lowest BCUT2D eigenvalue weighted by Crippen LogP contribution is -2.56. The average molecular weight is 332 g/mol. The molecular formula is C16H29F5O. The van der Waals surface area contributed by atoms with Crippen molar-refractivity contribution in [2.24, 2.45) is 16.2 Å². The van der Waals surface area contributed by atoms with E-state index >= 15 is 0 Å². The largest absolute Gasteiger partial charge is 0.399 e. The molecule has 0 saturated carbocycles. The van der Waals surface area contributed by atoms with Gasteiger partial charge in [0.25, 0.3) is 5.92 Å². The van der Waals surface area contributed by atoms with Crippen molar-refractivity contribution in [3.05, 3.63) is 0 Å². The summed E-state index contributed by atoms with van der Waals surface area (Å²) in [4.78, 5) is 0. The highest BCUT2D eigenvalue weighted by Gasteiger charge is 2.68. The van der Waals surface area contributed by atoms with Gasteiger partial charge in [0.15, 0.2) is 0 Å². The van der Waals surface area contributed by atoms with E-state index in [-0.39, 0.29) is 12.8 Å². The third-order valence-electron chi connectivity index (χ3n) is 4.18. The van der Waals surface area contributed by atoms with Crippen LogP contribution < -0.4 is 0 Å². The topological polar surface area (TPSA) is 20.2 Å². The van der Waals surface area contributed by atoms with Crippen LogP contribution in [0.3, 0.4) is 0 Å². The molecule has 0 aromatic carbocycles. The lowest BCUT2D eigenvalue weighted by molar-refractivity contribution is -0.316. The second-order valence-electron chi connectivity index (χ2n) is 8.91. The molecule has 0 aliphatic rings. The van der Waals surface area contributed by atoms with E-state index in [9.17, 15) is 27.1 Å². The van der Waals surface area contributed by atoms with E-state index in [0.29, 0.717) is 13.8 Å². The van der Waals surface area contributed by atoms with Gasteiger partial charge >= 0.3 is 6.18 Å². The summed E-state index contributed by atoms with van der Waals surface area (Å²) < 4.78 is 68.4. The summed E-state index contributed by atoms with van der Waals surface area (Å²) in [6, 6.07) is 0. The Morgan fingerprint density at radius 3 is 1.32 bits per heavy atom. The summed E-state index contributed by atoms with van der Waals surface area (Å²) in [5.41, 5.74) is -6.81. The molecule has 6 heteroatoms. The van der Waals surface area contributed by atoms with Crippen LogP contribution in [0.1, 0.15) is 68.2 Å². The standard InChI is InChI=1S/C16H29F5O/c1-11(2,10-13(5,6)22)9-12(3,4)15(17,18)14(7,8)16(19,20)21/h22H,9-10H2,1-8H3. The molecule has 0 fully saturated rings. The van der Waals surface area contributed by atoms with E-state index in [0.717, 1.165) is 13.8 Å². The molecule has 0 unspecified atom stereocenters. The van der Waals surface area contributed by atoms with Crippen LogP contribution in [0.5, 0.6) is 0 Å². The van der Waals surface area contributed by atoms with Crippen LogP contribution in [0.25, 0.3) is 0 Å². The van der Waals surface area contributed by atoms with Gasteiger partial charge in [-0.1, -0.05) is 27.7 Å². The lowest BCUT2D eigenvalue weighted by atomic mass is 9.62. The number of hydrogen-bond donors (Lipinski definition) is 1. The first-order chi connectivity index (χ1) is 9.16. The summed E-state index contributed by atoms with van der Waals surface area (Å²) in [5, 5.41) is 9.87. The van der Waals surface area contributed by atoms with Gasteiger partial charge in [0.1, 0.15) is 5.41 Å². The first kappa shape index (κ1) is 21.6. The average Bonchev–Trinajstić information content (AvgIpc) is 2.08. The van der Waals surface area contributed by atoms with Crippen LogP contribution >= 0.6 is 0 Å². The lowest BCUT2D eigenvalue weighted by Gasteiger charge is -2.48. The Bertz CT molecular complexity index is 386. The van der Waals surface area contributed by atoms with E-state index in [4.69, 9.17) is 0 Å². The predicted molar refractivity (Wildman–Crippen MR) is 77.9 cm³/mol. The number of hydrogen-bond acceptors (Lipinski definition) is 1. The van der Waals surface area contributed by atoms with Crippen molar-refractivity contribution in [2.45, 2.75) is 85.9 Å². The molecule has 0 aliphatic carbocycles. The molecule has 0 aromatic heterocycles. The van der Waals surface area contributed by atoms with E-state index < -0.39 is 33.9 Å². The molecule has 1 N–H and O–H groups in total. The monoisotopic (exact) mass is 332 g/mol. The molecular weight excluding hydrogens is 303 g/mol. The van der Waals surface area contributed by atoms with Crippen molar-refractivity contribution in [3.8, 4) is 0 Å². The first-order valence-electron chi connectivity index (χ1n) is 7.33. The van der Waals surface area contributed by atoms with E-state index in [1.165, 1.54) is 0 Å². The molecule has 1 nitrogen and oxygen atoms in total. The van der Waals surface area contributed by atoms with E-state index in [1.807, 2.05) is 0 Å². The Morgan fingerprint density at radius 1 is 0.682 bits per heavy atom. The van der Waals surface area contributed by atoms with Crippen LogP contribution in [-0.2, 0) is 0 Å². The summed E-state index contributed by atoms with van der Waals surface area (Å²) >= 11 is 0. The number of alkyl halides is 5. The molecule has 0 rings (SSSR count). The second kappa shape index (κ2) is 5.60. The van der Waals surface area contributed by atoms with Gasteiger partial charge in [-0.3, -0.25) is 0 Å². The molecule has 0 atom stereocenters. The molecule has 0 saturated heterocycles. The Balaban J connectivity index is 5.55. The minimum atomic E-state index is -5.01. The first-order valence-corrected chi connectivity index (χ1v) is 7.33. The summed E-state index contributed by atoms with van der Waals surface area (Å²) in [5.74, 6) is -3.95. The van der Waals surface area contributed by atoms with Gasteiger partial charge < -0.3 is 5.11 Å². The highest BCUT2D eigenvalue weighted by atomic mass is 19.4. The smallest absolute Gasteiger partial charge is 0.390 e. The van der Waals surface area contributed by atoms with Crippen molar-refractivity contribution in [2.75, 3.05) is 0 Å². The Hall–Kier alpha value is -0.390. The SMILES string of the molecule is CC(C)(O)CC(C)(C)CC(C)(C)C(F)(F)C(C)(C)C(F)(F)F. The molecule has 0 radical (unpaired) electrons. The number of rotatable bonds is 6. The number of aliphatic hydroxyl groups is 1. The fraction of sp³-hybridized carbons (Fsp3) is 1.00. The minimum absolute atomic E-state index is 0.142. The maximum atomic E-state index is 14.7. The molecule has 134 valence electrons. The van der Waals surface area contributed by atoms with Crippen molar-refractivity contribution in [1.29, 1.82) is 0 Å². The van der Waals surface area contributed by atoms with Crippen LogP contribution in [0.15, 0.2) is 0 Å². The van der Waals surface area contributed by atoms with E-state index in [2.05, 4.69) is 0 Å². The second-order valence-corrected chi connectivity index (χ2v) is 8.91. The maximum absolute atomic E-state index is 14.7. The fourth-order valence-electron chi connectivity index (χ4n) is 3.56. The predicted octanol–water partition coefficient (Wildman–Crippen LogP) is 5.81. The van der Waals surface area contributed by atoms with Crippen LogP contribution in [0, 0.1) is 16.2 Å². The fourth-order valence-corrected chi connectivity index (χ4v) is 3.56. The zero-order valence-corrected chi connectivity index (χ0v) is 14.8. The highest BCUT2D eigenvalue weighted by Crippen LogP contribution is 2.59. The normalized spacial score (nSPS) is 16.1. The van der Waals surface area contributed by atoms with Crippen LogP contribution in [-0.4, -0.2) is 22.8 Å². The Morgan fingerprint density at radius 2 is 1.05 bits per heavy atom.